The Morgan fingerprint density at radius 2 is 1.83 bits per heavy atom. The number of nitrogens with one attached hydrogen (secondary N) is 1. The summed E-state index contributed by atoms with van der Waals surface area (Å²) in [7, 11) is 0. The summed E-state index contributed by atoms with van der Waals surface area (Å²) in [5.41, 5.74) is 4.35. The van der Waals surface area contributed by atoms with Gasteiger partial charge in [-0.25, -0.2) is 4.52 Å². The second kappa shape index (κ2) is 7.35. The molecule has 0 spiro atoms. The lowest BCUT2D eigenvalue weighted by molar-refractivity contribution is 0.0733. The van der Waals surface area contributed by atoms with Gasteiger partial charge in [-0.05, 0) is 49.2 Å². The van der Waals surface area contributed by atoms with Crippen molar-refractivity contribution in [1.29, 1.82) is 0 Å². The zero-order chi connectivity index (χ0) is 19.6. The molecule has 4 aromatic rings. The molecule has 3 aromatic heterocycles. The third kappa shape index (κ3) is 3.31. The number of nitrogens with zero attached hydrogens (tertiary/aromatic N) is 5. The molecule has 1 amide bonds. The number of anilines is 2. The van der Waals surface area contributed by atoms with Crippen LogP contribution in [0.3, 0.4) is 0 Å². The summed E-state index contributed by atoms with van der Waals surface area (Å²) in [6.45, 7) is 0.721. The molecule has 5 rings (SSSR count). The number of carbonyl (C=O) groups is 1. The van der Waals surface area contributed by atoms with E-state index in [0.29, 0.717) is 5.56 Å². The summed E-state index contributed by atoms with van der Waals surface area (Å²) in [6.07, 6.45) is 7.05. The Balaban J connectivity index is 1.43. The predicted octanol–water partition coefficient (Wildman–Crippen LogP) is 3.85. The van der Waals surface area contributed by atoms with E-state index in [-0.39, 0.29) is 11.9 Å². The number of benzene rings is 1. The summed E-state index contributed by atoms with van der Waals surface area (Å²) in [5, 5.41) is 12.1. The van der Waals surface area contributed by atoms with Crippen molar-refractivity contribution in [2.24, 2.45) is 0 Å². The minimum atomic E-state index is -0.0684. The number of carbonyl (C=O) groups excluding carboxylic acids is 1. The van der Waals surface area contributed by atoms with Crippen LogP contribution in [0.25, 0.3) is 5.52 Å². The van der Waals surface area contributed by atoms with Crippen molar-refractivity contribution in [3.05, 3.63) is 84.4 Å². The molecule has 0 radical (unpaired) electrons. The lowest BCUT2D eigenvalue weighted by Gasteiger charge is -2.23. The number of amides is 1. The molecule has 1 aromatic carbocycles. The number of likely N-dealkylation sites (tertiary alicyclic amines) is 1. The van der Waals surface area contributed by atoms with Crippen molar-refractivity contribution < 1.29 is 4.79 Å². The minimum Gasteiger partial charge on any atom is -0.354 e. The van der Waals surface area contributed by atoms with Gasteiger partial charge in [0.05, 0.1) is 23.4 Å². The highest BCUT2D eigenvalue weighted by Crippen LogP contribution is 2.34. The Hall–Kier alpha value is -3.74. The summed E-state index contributed by atoms with van der Waals surface area (Å²) in [5.74, 6) is 0.0124. The molecule has 29 heavy (non-hydrogen) atoms. The molecule has 0 saturated carbocycles. The van der Waals surface area contributed by atoms with E-state index in [2.05, 4.69) is 20.6 Å². The average Bonchev–Trinajstić information content (AvgIpc) is 3.41. The lowest BCUT2D eigenvalue weighted by atomic mass is 10.1. The molecule has 144 valence electrons. The van der Waals surface area contributed by atoms with E-state index in [4.69, 9.17) is 0 Å². The number of hydrogen-bond acceptors (Lipinski definition) is 5. The fourth-order valence-electron chi connectivity index (χ4n) is 3.87. The van der Waals surface area contributed by atoms with Gasteiger partial charge in [-0.2, -0.15) is 0 Å². The standard InChI is InChI=1S/C22H20N6O/c29-22(16-10-12-23-13-11-16)27-14-4-7-19(27)21-20-9-8-18(15-28(20)26-25-21)24-17-5-2-1-3-6-17/h1-3,5-6,8-13,15,19,24H,4,7,14H2. The van der Waals surface area contributed by atoms with Crippen molar-refractivity contribution >= 4 is 22.8 Å². The van der Waals surface area contributed by atoms with E-state index in [1.165, 1.54) is 0 Å². The van der Waals surface area contributed by atoms with Crippen LogP contribution in [0.4, 0.5) is 11.4 Å². The molecule has 1 saturated heterocycles. The van der Waals surface area contributed by atoms with Gasteiger partial charge in [0, 0.05) is 30.2 Å². The molecule has 7 nitrogen and oxygen atoms in total. The minimum absolute atomic E-state index is 0.0124. The molecule has 1 unspecified atom stereocenters. The topological polar surface area (TPSA) is 75.4 Å². The first-order chi connectivity index (χ1) is 14.3. The number of aromatic nitrogens is 4. The van der Waals surface area contributed by atoms with Crippen LogP contribution in [-0.4, -0.2) is 37.2 Å². The molecule has 0 aliphatic carbocycles. The molecule has 1 aliphatic heterocycles. The number of fused-ring (bicyclic) bond motifs is 1. The van der Waals surface area contributed by atoms with Gasteiger partial charge in [0.25, 0.3) is 5.91 Å². The van der Waals surface area contributed by atoms with Crippen LogP contribution >= 0.6 is 0 Å². The highest BCUT2D eigenvalue weighted by atomic mass is 16.2. The maximum atomic E-state index is 13.0. The van der Waals surface area contributed by atoms with E-state index in [1.54, 1.807) is 29.0 Å². The van der Waals surface area contributed by atoms with Gasteiger partial charge >= 0.3 is 0 Å². The zero-order valence-corrected chi connectivity index (χ0v) is 15.8. The van der Waals surface area contributed by atoms with Gasteiger partial charge in [0.15, 0.2) is 0 Å². The third-order valence-corrected chi connectivity index (χ3v) is 5.26. The first-order valence-corrected chi connectivity index (χ1v) is 9.67. The molecule has 1 aliphatic rings. The van der Waals surface area contributed by atoms with Gasteiger partial charge in [-0.1, -0.05) is 23.4 Å². The highest BCUT2D eigenvalue weighted by molar-refractivity contribution is 5.94. The van der Waals surface area contributed by atoms with E-state index in [9.17, 15) is 4.79 Å². The monoisotopic (exact) mass is 384 g/mol. The van der Waals surface area contributed by atoms with Crippen molar-refractivity contribution in [3.63, 3.8) is 0 Å². The zero-order valence-electron chi connectivity index (χ0n) is 15.8. The van der Waals surface area contributed by atoms with Crippen molar-refractivity contribution in [2.45, 2.75) is 18.9 Å². The summed E-state index contributed by atoms with van der Waals surface area (Å²) < 4.78 is 1.77. The molecule has 1 N–H and O–H groups in total. The predicted molar refractivity (Wildman–Crippen MR) is 110 cm³/mol. The Morgan fingerprint density at radius 3 is 2.66 bits per heavy atom. The molecule has 7 heteroatoms. The Bertz CT molecular complexity index is 1140. The van der Waals surface area contributed by atoms with Crippen molar-refractivity contribution in [2.75, 3.05) is 11.9 Å². The van der Waals surface area contributed by atoms with Gasteiger partial charge in [-0.15, -0.1) is 5.10 Å². The summed E-state index contributed by atoms with van der Waals surface area (Å²) in [4.78, 5) is 18.9. The van der Waals surface area contributed by atoms with E-state index in [1.807, 2.05) is 53.6 Å². The van der Waals surface area contributed by atoms with E-state index < -0.39 is 0 Å². The summed E-state index contributed by atoms with van der Waals surface area (Å²) in [6, 6.07) is 17.4. The first kappa shape index (κ1) is 17.4. The second-order valence-electron chi connectivity index (χ2n) is 7.11. The van der Waals surface area contributed by atoms with Gasteiger partial charge in [0.1, 0.15) is 5.69 Å². The number of para-hydroxylation sites is 1. The van der Waals surface area contributed by atoms with Crippen LogP contribution in [0, 0.1) is 0 Å². The number of rotatable bonds is 4. The molecule has 0 bridgehead atoms. The highest BCUT2D eigenvalue weighted by Gasteiger charge is 2.33. The van der Waals surface area contributed by atoms with Crippen LogP contribution in [0.1, 0.15) is 34.9 Å². The van der Waals surface area contributed by atoms with Gasteiger partial charge < -0.3 is 10.2 Å². The van der Waals surface area contributed by atoms with Crippen LogP contribution in [0.5, 0.6) is 0 Å². The smallest absolute Gasteiger partial charge is 0.254 e. The summed E-state index contributed by atoms with van der Waals surface area (Å²) >= 11 is 0. The van der Waals surface area contributed by atoms with E-state index >= 15 is 0 Å². The molecular weight excluding hydrogens is 364 g/mol. The molecule has 4 heterocycles. The van der Waals surface area contributed by atoms with Crippen LogP contribution in [0.2, 0.25) is 0 Å². The van der Waals surface area contributed by atoms with E-state index in [0.717, 1.165) is 42.0 Å². The van der Waals surface area contributed by atoms with Gasteiger partial charge in [0.2, 0.25) is 0 Å². The fourth-order valence-corrected chi connectivity index (χ4v) is 3.87. The maximum Gasteiger partial charge on any atom is 0.254 e. The average molecular weight is 384 g/mol. The number of hydrogen-bond donors (Lipinski definition) is 1. The normalized spacial score (nSPS) is 16.3. The third-order valence-electron chi connectivity index (χ3n) is 5.26. The molecule has 1 fully saturated rings. The largest absolute Gasteiger partial charge is 0.354 e. The van der Waals surface area contributed by atoms with Crippen molar-refractivity contribution in [3.8, 4) is 0 Å². The quantitative estimate of drug-likeness (QED) is 0.578. The lowest BCUT2D eigenvalue weighted by Crippen LogP contribution is -2.30. The number of pyridine rings is 2. The fraction of sp³-hybridized carbons (Fsp3) is 0.182. The Labute approximate surface area is 168 Å². The van der Waals surface area contributed by atoms with Crippen molar-refractivity contribution in [1.82, 2.24) is 24.7 Å². The molecule has 1 atom stereocenters. The molecular formula is C22H20N6O. The Kier molecular flexibility index (Phi) is 4.40. The van der Waals surface area contributed by atoms with Gasteiger partial charge in [-0.3, -0.25) is 9.78 Å². The SMILES string of the molecule is O=C(c1ccncc1)N1CCCC1c1nnn2cc(Nc3ccccc3)ccc12. The maximum absolute atomic E-state index is 13.0. The Morgan fingerprint density at radius 1 is 1.00 bits per heavy atom. The van der Waals surface area contributed by atoms with Crippen LogP contribution in [-0.2, 0) is 0 Å². The van der Waals surface area contributed by atoms with Crippen LogP contribution < -0.4 is 5.32 Å². The second-order valence-corrected chi connectivity index (χ2v) is 7.11. The first-order valence-electron chi connectivity index (χ1n) is 9.67. The van der Waals surface area contributed by atoms with Crippen LogP contribution in [0.15, 0.2) is 73.2 Å².